The Labute approximate surface area is 164 Å². The number of hydrogen-bond acceptors (Lipinski definition) is 6. The summed E-state index contributed by atoms with van der Waals surface area (Å²) in [5.41, 5.74) is 3.54. The highest BCUT2D eigenvalue weighted by atomic mass is 16.3. The molecule has 28 heavy (non-hydrogen) atoms. The van der Waals surface area contributed by atoms with Crippen LogP contribution in [0.4, 0.5) is 0 Å². The van der Waals surface area contributed by atoms with E-state index in [0.717, 1.165) is 36.2 Å². The van der Waals surface area contributed by atoms with Gasteiger partial charge < -0.3 is 10.0 Å². The van der Waals surface area contributed by atoms with Crippen LogP contribution in [-0.2, 0) is 0 Å². The zero-order valence-electron chi connectivity index (χ0n) is 16.4. The van der Waals surface area contributed by atoms with E-state index < -0.39 is 0 Å². The highest BCUT2D eigenvalue weighted by Crippen LogP contribution is 2.27. The van der Waals surface area contributed by atoms with E-state index in [4.69, 9.17) is 0 Å². The number of nitrogens with one attached hydrogen (secondary N) is 1. The van der Waals surface area contributed by atoms with Crippen LogP contribution in [-0.4, -0.2) is 75.6 Å². The molecule has 1 fully saturated rings. The lowest BCUT2D eigenvalue weighted by atomic mass is 10.0. The number of aryl methyl sites for hydroxylation is 1. The number of rotatable bonds is 5. The smallest absolute Gasteiger partial charge is 0.182 e. The summed E-state index contributed by atoms with van der Waals surface area (Å²) >= 11 is 0. The van der Waals surface area contributed by atoms with Gasteiger partial charge in [0.1, 0.15) is 5.75 Å². The fourth-order valence-corrected chi connectivity index (χ4v) is 3.84. The van der Waals surface area contributed by atoms with Crippen molar-refractivity contribution in [1.82, 2.24) is 25.0 Å². The predicted molar refractivity (Wildman–Crippen MR) is 109 cm³/mol. The number of aromatic amines is 1. The molecule has 0 bridgehead atoms. The largest absolute Gasteiger partial charge is 0.508 e. The second kappa shape index (κ2) is 7.33. The second-order valence-corrected chi connectivity index (χ2v) is 7.71. The maximum atomic E-state index is 13.2. The second-order valence-electron chi connectivity index (χ2n) is 7.71. The summed E-state index contributed by atoms with van der Waals surface area (Å²) in [7, 11) is 4.17. The number of fused-ring (bicyclic) bond motifs is 1. The average molecular weight is 379 g/mol. The van der Waals surface area contributed by atoms with Crippen LogP contribution in [0.5, 0.6) is 5.75 Å². The molecule has 1 aromatic carbocycles. The molecule has 4 rings (SSSR count). The Morgan fingerprint density at radius 2 is 2.07 bits per heavy atom. The van der Waals surface area contributed by atoms with Crippen LogP contribution in [0.25, 0.3) is 22.3 Å². The Morgan fingerprint density at radius 3 is 2.75 bits per heavy atom. The number of ketones is 1. The number of phenolic OH excluding ortho intramolecular Hbond substituents is 1. The number of hydrogen-bond donors (Lipinski definition) is 2. The molecule has 146 valence electrons. The van der Waals surface area contributed by atoms with Crippen LogP contribution in [0.15, 0.2) is 30.3 Å². The number of carbonyl (C=O) groups is 1. The van der Waals surface area contributed by atoms with Gasteiger partial charge in [0.05, 0.1) is 17.6 Å². The van der Waals surface area contributed by atoms with Crippen molar-refractivity contribution in [3.05, 3.63) is 41.6 Å². The minimum absolute atomic E-state index is 0.0799. The molecule has 7 heteroatoms. The van der Waals surface area contributed by atoms with Gasteiger partial charge in [-0.1, -0.05) is 0 Å². The van der Waals surface area contributed by atoms with Crippen LogP contribution in [0.2, 0.25) is 0 Å². The fourth-order valence-electron chi connectivity index (χ4n) is 3.84. The molecule has 0 radical (unpaired) electrons. The molecule has 0 aliphatic carbocycles. The Kier molecular flexibility index (Phi) is 4.87. The van der Waals surface area contributed by atoms with Gasteiger partial charge in [-0.05, 0) is 57.8 Å². The summed E-state index contributed by atoms with van der Waals surface area (Å²) in [4.78, 5) is 22.3. The third kappa shape index (κ3) is 3.50. The summed E-state index contributed by atoms with van der Waals surface area (Å²) < 4.78 is 0. The Morgan fingerprint density at radius 1 is 1.32 bits per heavy atom. The normalized spacial score (nSPS) is 17.6. The van der Waals surface area contributed by atoms with Crippen LogP contribution in [0.3, 0.4) is 0 Å². The van der Waals surface area contributed by atoms with E-state index in [1.54, 1.807) is 24.3 Å². The number of aromatic nitrogens is 3. The maximum Gasteiger partial charge on any atom is 0.182 e. The monoisotopic (exact) mass is 379 g/mol. The van der Waals surface area contributed by atoms with E-state index in [1.807, 2.05) is 13.0 Å². The number of phenols is 1. The first-order valence-corrected chi connectivity index (χ1v) is 9.49. The Bertz CT molecular complexity index is 1010. The lowest BCUT2D eigenvalue weighted by Crippen LogP contribution is -2.33. The van der Waals surface area contributed by atoms with Gasteiger partial charge in [0.15, 0.2) is 11.4 Å². The van der Waals surface area contributed by atoms with Crippen molar-refractivity contribution < 1.29 is 9.90 Å². The van der Waals surface area contributed by atoms with Crippen molar-refractivity contribution in [3.63, 3.8) is 0 Å². The molecule has 0 unspecified atom stereocenters. The number of pyridine rings is 1. The molecule has 2 N–H and O–H groups in total. The van der Waals surface area contributed by atoms with E-state index >= 15 is 0 Å². The standard InChI is InChI=1S/C21H25N5O2/c1-13-20-17(19(28)12-26-9-8-15(11-26)25(2)3)10-18(22-21(20)24-23-13)14-4-6-16(27)7-5-14/h4-7,10,15,27H,8-9,11-12H2,1-3H3,(H,22,23,24)/t15-/m1/s1. The molecular formula is C21H25N5O2. The molecule has 1 saturated heterocycles. The first kappa shape index (κ1) is 18.6. The van der Waals surface area contributed by atoms with Crippen molar-refractivity contribution >= 4 is 16.8 Å². The lowest BCUT2D eigenvalue weighted by Gasteiger charge is -2.20. The summed E-state index contributed by atoms with van der Waals surface area (Å²) in [6.45, 7) is 4.13. The Hall–Kier alpha value is -2.77. The van der Waals surface area contributed by atoms with Crippen LogP contribution in [0, 0.1) is 6.92 Å². The van der Waals surface area contributed by atoms with Gasteiger partial charge >= 0.3 is 0 Å². The van der Waals surface area contributed by atoms with Crippen LogP contribution < -0.4 is 0 Å². The first-order valence-electron chi connectivity index (χ1n) is 9.49. The third-order valence-corrected chi connectivity index (χ3v) is 5.51. The molecule has 0 spiro atoms. The van der Waals surface area contributed by atoms with Gasteiger partial charge in [0.2, 0.25) is 0 Å². The summed E-state index contributed by atoms with van der Waals surface area (Å²) in [6.07, 6.45) is 1.08. The van der Waals surface area contributed by atoms with Gasteiger partial charge in [0, 0.05) is 36.0 Å². The first-order chi connectivity index (χ1) is 13.4. The number of likely N-dealkylation sites (N-methyl/N-ethyl adjacent to an activating group) is 1. The summed E-state index contributed by atoms with van der Waals surface area (Å²) in [6, 6.07) is 9.15. The van der Waals surface area contributed by atoms with E-state index in [2.05, 4.69) is 39.1 Å². The van der Waals surface area contributed by atoms with Crippen molar-refractivity contribution in [3.8, 4) is 17.0 Å². The van der Waals surface area contributed by atoms with E-state index in [1.165, 1.54) is 0 Å². The van der Waals surface area contributed by atoms with E-state index in [0.29, 0.717) is 29.5 Å². The van der Waals surface area contributed by atoms with Gasteiger partial charge in [-0.15, -0.1) is 0 Å². The lowest BCUT2D eigenvalue weighted by molar-refractivity contribution is 0.0943. The van der Waals surface area contributed by atoms with Gasteiger partial charge in [-0.2, -0.15) is 5.10 Å². The third-order valence-electron chi connectivity index (χ3n) is 5.51. The minimum atomic E-state index is 0.0799. The number of Topliss-reactive ketones (excluding diaryl/α,β-unsaturated/α-hetero) is 1. The molecule has 7 nitrogen and oxygen atoms in total. The molecule has 2 aromatic heterocycles. The molecule has 3 heterocycles. The highest BCUT2D eigenvalue weighted by molar-refractivity contribution is 6.09. The van der Waals surface area contributed by atoms with E-state index in [-0.39, 0.29) is 11.5 Å². The van der Waals surface area contributed by atoms with Crippen LogP contribution in [0.1, 0.15) is 22.5 Å². The fraction of sp³-hybridized carbons (Fsp3) is 0.381. The molecular weight excluding hydrogens is 354 g/mol. The number of H-pyrrole nitrogens is 1. The zero-order valence-corrected chi connectivity index (χ0v) is 16.4. The Balaban J connectivity index is 1.68. The quantitative estimate of drug-likeness (QED) is 0.663. The molecule has 1 aliphatic heterocycles. The maximum absolute atomic E-state index is 13.2. The number of aromatic hydroxyl groups is 1. The molecule has 3 aromatic rings. The van der Waals surface area contributed by atoms with Crippen molar-refractivity contribution in [2.45, 2.75) is 19.4 Å². The molecule has 0 amide bonds. The van der Waals surface area contributed by atoms with Crippen molar-refractivity contribution in [1.29, 1.82) is 0 Å². The zero-order chi connectivity index (χ0) is 19.8. The predicted octanol–water partition coefficient (Wildman–Crippen LogP) is 2.46. The van der Waals surface area contributed by atoms with Gasteiger partial charge in [0.25, 0.3) is 0 Å². The average Bonchev–Trinajstić information content (AvgIpc) is 3.29. The van der Waals surface area contributed by atoms with E-state index in [9.17, 15) is 9.90 Å². The number of carbonyl (C=O) groups excluding carboxylic acids is 1. The van der Waals surface area contributed by atoms with Gasteiger partial charge in [-0.3, -0.25) is 14.8 Å². The molecule has 1 atom stereocenters. The number of likely N-dealkylation sites (tertiary alicyclic amines) is 1. The summed E-state index contributed by atoms with van der Waals surface area (Å²) in [5, 5.41) is 17.6. The van der Waals surface area contributed by atoms with Crippen LogP contribution >= 0.6 is 0 Å². The van der Waals surface area contributed by atoms with Gasteiger partial charge in [-0.25, -0.2) is 4.98 Å². The van der Waals surface area contributed by atoms with Crippen molar-refractivity contribution in [2.24, 2.45) is 0 Å². The summed E-state index contributed by atoms with van der Waals surface area (Å²) in [5.74, 6) is 0.276. The van der Waals surface area contributed by atoms with Crippen molar-refractivity contribution in [2.75, 3.05) is 33.7 Å². The molecule has 1 aliphatic rings. The number of benzene rings is 1. The highest BCUT2D eigenvalue weighted by Gasteiger charge is 2.27. The minimum Gasteiger partial charge on any atom is -0.508 e. The molecule has 0 saturated carbocycles. The topological polar surface area (TPSA) is 85.3 Å². The SMILES string of the molecule is Cc1[nH]nc2nc(-c3ccc(O)cc3)cc(C(=O)CN3CC[C@@H](N(C)C)C3)c12. The number of nitrogens with zero attached hydrogens (tertiary/aromatic N) is 4.